The van der Waals surface area contributed by atoms with Crippen molar-refractivity contribution >= 4 is 5.78 Å². The van der Waals surface area contributed by atoms with Crippen LogP contribution in [0.4, 0.5) is 0 Å². The van der Waals surface area contributed by atoms with E-state index in [4.69, 9.17) is 4.74 Å². The highest BCUT2D eigenvalue weighted by molar-refractivity contribution is 5.97. The Bertz CT molecular complexity index is 651. The van der Waals surface area contributed by atoms with Crippen LogP contribution in [0.1, 0.15) is 35.7 Å². The topological polar surface area (TPSA) is 29.5 Å². The van der Waals surface area contributed by atoms with Crippen LogP contribution >= 0.6 is 0 Å². The minimum absolute atomic E-state index is 0.193. The van der Waals surface area contributed by atoms with E-state index >= 15 is 0 Å². The largest absolute Gasteiger partial charge is 0.489 e. The summed E-state index contributed by atoms with van der Waals surface area (Å²) in [5.74, 6) is 1.68. The van der Waals surface area contributed by atoms with Crippen molar-refractivity contribution in [2.24, 2.45) is 5.92 Å². The molecule has 0 aromatic heterocycles. The molecule has 0 aliphatic carbocycles. The molecule has 0 spiro atoms. The van der Waals surface area contributed by atoms with Gasteiger partial charge >= 0.3 is 0 Å². The van der Waals surface area contributed by atoms with E-state index in [1.54, 1.807) is 0 Å². The molecule has 1 heterocycles. The number of carbonyl (C=O) groups excluding carboxylic acids is 1. The van der Waals surface area contributed by atoms with Crippen molar-refractivity contribution in [1.82, 2.24) is 4.90 Å². The normalized spacial score (nSPS) is 18.3. The highest BCUT2D eigenvalue weighted by Gasteiger charge is 2.19. The Hall–Kier alpha value is -2.13. The van der Waals surface area contributed by atoms with Crippen LogP contribution in [-0.2, 0) is 6.61 Å². The zero-order chi connectivity index (χ0) is 16.8. The van der Waals surface area contributed by atoms with Crippen LogP contribution in [0.5, 0.6) is 5.75 Å². The highest BCUT2D eigenvalue weighted by Crippen LogP contribution is 2.18. The molecule has 0 bridgehead atoms. The first-order chi connectivity index (χ1) is 11.7. The SMILES string of the molecule is CC1CCCN(CC(=O)c2ccc(OCc3ccccc3)cc2)C1. The Morgan fingerprint density at radius 3 is 2.58 bits per heavy atom. The Kier molecular flexibility index (Phi) is 5.65. The van der Waals surface area contributed by atoms with Crippen LogP contribution in [0.15, 0.2) is 54.6 Å². The summed E-state index contributed by atoms with van der Waals surface area (Å²) < 4.78 is 5.77. The molecule has 0 N–H and O–H groups in total. The van der Waals surface area contributed by atoms with Crippen molar-refractivity contribution in [2.75, 3.05) is 19.6 Å². The van der Waals surface area contributed by atoms with Gasteiger partial charge in [0.05, 0.1) is 6.54 Å². The summed E-state index contributed by atoms with van der Waals surface area (Å²) in [4.78, 5) is 14.7. The summed E-state index contributed by atoms with van der Waals surface area (Å²) in [6, 6.07) is 17.6. The minimum atomic E-state index is 0.193. The van der Waals surface area contributed by atoms with Crippen LogP contribution in [0.2, 0.25) is 0 Å². The smallest absolute Gasteiger partial charge is 0.176 e. The van der Waals surface area contributed by atoms with Crippen LogP contribution in [0, 0.1) is 5.92 Å². The van der Waals surface area contributed by atoms with E-state index in [9.17, 15) is 4.79 Å². The van der Waals surface area contributed by atoms with Gasteiger partial charge in [0.1, 0.15) is 12.4 Å². The second-order valence-corrected chi connectivity index (χ2v) is 6.70. The van der Waals surface area contributed by atoms with Gasteiger partial charge in [0.15, 0.2) is 5.78 Å². The number of carbonyl (C=O) groups is 1. The molecule has 1 fully saturated rings. The van der Waals surface area contributed by atoms with Crippen molar-refractivity contribution in [3.63, 3.8) is 0 Å². The Balaban J connectivity index is 1.52. The summed E-state index contributed by atoms with van der Waals surface area (Å²) >= 11 is 0. The van der Waals surface area contributed by atoms with E-state index in [-0.39, 0.29) is 5.78 Å². The van der Waals surface area contributed by atoms with Gasteiger partial charge in [0.2, 0.25) is 0 Å². The molecule has 2 aromatic rings. The van der Waals surface area contributed by atoms with Gasteiger partial charge < -0.3 is 4.74 Å². The second kappa shape index (κ2) is 8.11. The van der Waals surface area contributed by atoms with Crippen molar-refractivity contribution < 1.29 is 9.53 Å². The first-order valence-corrected chi connectivity index (χ1v) is 8.73. The molecular weight excluding hydrogens is 298 g/mol. The van der Waals surface area contributed by atoms with E-state index in [0.717, 1.165) is 30.0 Å². The highest BCUT2D eigenvalue weighted by atomic mass is 16.5. The maximum atomic E-state index is 12.4. The molecule has 24 heavy (non-hydrogen) atoms. The number of ketones is 1. The summed E-state index contributed by atoms with van der Waals surface area (Å²) in [5.41, 5.74) is 1.90. The number of hydrogen-bond acceptors (Lipinski definition) is 3. The fourth-order valence-corrected chi connectivity index (χ4v) is 3.20. The van der Waals surface area contributed by atoms with Gasteiger partial charge in [-0.2, -0.15) is 0 Å². The molecule has 1 saturated heterocycles. The molecule has 0 saturated carbocycles. The zero-order valence-electron chi connectivity index (χ0n) is 14.3. The monoisotopic (exact) mass is 323 g/mol. The third-order valence-corrected chi connectivity index (χ3v) is 4.53. The maximum Gasteiger partial charge on any atom is 0.176 e. The van der Waals surface area contributed by atoms with Gasteiger partial charge in [-0.15, -0.1) is 0 Å². The summed E-state index contributed by atoms with van der Waals surface area (Å²) in [6.07, 6.45) is 2.47. The van der Waals surface area contributed by atoms with Gasteiger partial charge in [0, 0.05) is 12.1 Å². The van der Waals surface area contributed by atoms with Gasteiger partial charge in [-0.25, -0.2) is 0 Å². The van der Waals surface area contributed by atoms with Crippen LogP contribution in [0.25, 0.3) is 0 Å². The Labute approximate surface area is 144 Å². The predicted molar refractivity (Wildman–Crippen MR) is 96.4 cm³/mol. The number of rotatable bonds is 6. The minimum Gasteiger partial charge on any atom is -0.489 e. The van der Waals surface area contributed by atoms with Gasteiger partial charge in [-0.05, 0) is 55.1 Å². The number of Topliss-reactive ketones (excluding diaryl/α,β-unsaturated/α-hetero) is 1. The quantitative estimate of drug-likeness (QED) is 0.747. The van der Waals surface area contributed by atoms with E-state index in [0.29, 0.717) is 19.1 Å². The van der Waals surface area contributed by atoms with Crippen LogP contribution < -0.4 is 4.74 Å². The number of ether oxygens (including phenoxy) is 1. The average molecular weight is 323 g/mol. The molecule has 1 aliphatic rings. The molecule has 2 aromatic carbocycles. The van der Waals surface area contributed by atoms with Gasteiger partial charge in [-0.3, -0.25) is 9.69 Å². The van der Waals surface area contributed by atoms with Gasteiger partial charge in [-0.1, -0.05) is 37.3 Å². The van der Waals surface area contributed by atoms with Crippen molar-refractivity contribution in [2.45, 2.75) is 26.4 Å². The van der Waals surface area contributed by atoms with E-state index in [2.05, 4.69) is 11.8 Å². The number of hydrogen-bond donors (Lipinski definition) is 0. The lowest BCUT2D eigenvalue weighted by molar-refractivity contribution is 0.0893. The van der Waals surface area contributed by atoms with E-state index < -0.39 is 0 Å². The number of benzene rings is 2. The van der Waals surface area contributed by atoms with Gasteiger partial charge in [0.25, 0.3) is 0 Å². The number of piperidine rings is 1. The molecule has 0 radical (unpaired) electrons. The molecule has 1 unspecified atom stereocenters. The van der Waals surface area contributed by atoms with E-state index in [1.807, 2.05) is 54.6 Å². The maximum absolute atomic E-state index is 12.4. The average Bonchev–Trinajstić information content (AvgIpc) is 2.61. The third-order valence-electron chi connectivity index (χ3n) is 4.53. The summed E-state index contributed by atoms with van der Waals surface area (Å²) in [5, 5.41) is 0. The van der Waals surface area contributed by atoms with Crippen LogP contribution in [0.3, 0.4) is 0 Å². The van der Waals surface area contributed by atoms with Crippen molar-refractivity contribution in [1.29, 1.82) is 0 Å². The first kappa shape index (κ1) is 16.7. The second-order valence-electron chi connectivity index (χ2n) is 6.70. The number of nitrogens with zero attached hydrogens (tertiary/aromatic N) is 1. The molecule has 3 heteroatoms. The van der Waals surface area contributed by atoms with Crippen LogP contribution in [-0.4, -0.2) is 30.3 Å². The molecule has 126 valence electrons. The summed E-state index contributed by atoms with van der Waals surface area (Å²) in [7, 11) is 0. The number of likely N-dealkylation sites (tertiary alicyclic amines) is 1. The fourth-order valence-electron chi connectivity index (χ4n) is 3.20. The molecule has 3 rings (SSSR count). The standard InChI is InChI=1S/C21H25NO2/c1-17-6-5-13-22(14-17)15-21(23)19-9-11-20(12-10-19)24-16-18-7-3-2-4-8-18/h2-4,7-12,17H,5-6,13-16H2,1H3. The fraction of sp³-hybridized carbons (Fsp3) is 0.381. The Morgan fingerprint density at radius 1 is 1.12 bits per heavy atom. The molecule has 3 nitrogen and oxygen atoms in total. The van der Waals surface area contributed by atoms with Crippen molar-refractivity contribution in [3.05, 3.63) is 65.7 Å². The zero-order valence-corrected chi connectivity index (χ0v) is 14.3. The lowest BCUT2D eigenvalue weighted by Crippen LogP contribution is -2.37. The molecular formula is C21H25NO2. The van der Waals surface area contributed by atoms with E-state index in [1.165, 1.54) is 12.8 Å². The summed E-state index contributed by atoms with van der Waals surface area (Å²) in [6.45, 7) is 5.39. The molecule has 1 aliphatic heterocycles. The molecule has 0 amide bonds. The van der Waals surface area contributed by atoms with Crippen molar-refractivity contribution in [3.8, 4) is 5.75 Å². The lowest BCUT2D eigenvalue weighted by Gasteiger charge is -2.30. The lowest BCUT2D eigenvalue weighted by atomic mass is 9.99. The third kappa shape index (κ3) is 4.68. The first-order valence-electron chi connectivity index (χ1n) is 8.73. The predicted octanol–water partition coefficient (Wildman–Crippen LogP) is 4.18. The molecule has 1 atom stereocenters. The Morgan fingerprint density at radius 2 is 1.88 bits per heavy atom.